The molecule has 0 heterocycles. The van der Waals surface area contributed by atoms with E-state index in [-0.39, 0.29) is 6.61 Å². The Kier molecular flexibility index (Phi) is 18.4. The summed E-state index contributed by atoms with van der Waals surface area (Å²) in [7, 11) is -7.47. The molecule has 0 saturated heterocycles. The van der Waals surface area contributed by atoms with Crippen LogP contribution in [0.5, 0.6) is 0 Å². The van der Waals surface area contributed by atoms with E-state index >= 15 is 0 Å². The summed E-state index contributed by atoms with van der Waals surface area (Å²) in [5.41, 5.74) is 0. The molecule has 24 heavy (non-hydrogen) atoms. The van der Waals surface area contributed by atoms with E-state index in [4.69, 9.17) is 23.4 Å². The Morgan fingerprint density at radius 3 is 1.17 bits per heavy atom. The third kappa shape index (κ3) is 20.3. The van der Waals surface area contributed by atoms with Crippen LogP contribution < -0.4 is 0 Å². The van der Waals surface area contributed by atoms with Gasteiger partial charge in [-0.2, -0.15) is 0 Å². The molecule has 0 unspecified atom stereocenters. The maximum absolute atomic E-state index is 12.2. The van der Waals surface area contributed by atoms with Crippen molar-refractivity contribution < 1.29 is 37.0 Å². The Labute approximate surface area is 146 Å². The second kappa shape index (κ2) is 16.7. The topological polar surface area (TPSA) is 112 Å². The fourth-order valence-corrected chi connectivity index (χ4v) is 2.86. The summed E-state index contributed by atoms with van der Waals surface area (Å²) in [5, 5.41) is 0. The van der Waals surface area contributed by atoms with Gasteiger partial charge in [0.2, 0.25) is 0 Å². The fourth-order valence-electron chi connectivity index (χ4n) is 1.24. The lowest BCUT2D eigenvalue weighted by Crippen LogP contribution is -2.03. The molecule has 10 heteroatoms. The average molecular weight is 392 g/mol. The van der Waals surface area contributed by atoms with Gasteiger partial charge in [-0.05, 0) is 26.2 Å². The molecule has 0 aromatic heterocycles. The minimum absolute atomic E-state index is 0.0459. The second-order valence-corrected chi connectivity index (χ2v) is 7.82. The van der Waals surface area contributed by atoms with Crippen LogP contribution in [0.3, 0.4) is 0 Å². The van der Waals surface area contributed by atoms with Crippen LogP contribution in [0.2, 0.25) is 0 Å². The zero-order chi connectivity index (χ0) is 18.9. The van der Waals surface area contributed by atoms with Gasteiger partial charge in [0, 0.05) is 0 Å². The first kappa shape index (κ1) is 26.4. The molecule has 0 aliphatic carbocycles. The highest BCUT2D eigenvalue weighted by atomic mass is 31.2. The van der Waals surface area contributed by atoms with Crippen molar-refractivity contribution in [3.05, 3.63) is 0 Å². The number of rotatable bonds is 14. The molecule has 0 spiro atoms. The molecule has 0 radical (unpaired) electrons. The van der Waals surface area contributed by atoms with Crippen LogP contribution in [0, 0.1) is 0 Å². The van der Waals surface area contributed by atoms with Gasteiger partial charge in [-0.25, -0.2) is 9.13 Å². The Hall–Kier alpha value is 0.220. The van der Waals surface area contributed by atoms with Crippen LogP contribution in [-0.2, 0) is 27.2 Å². The molecule has 148 valence electrons. The van der Waals surface area contributed by atoms with E-state index in [1.165, 1.54) is 6.92 Å². The molecule has 0 aliphatic heterocycles. The van der Waals surface area contributed by atoms with Crippen LogP contribution in [0.4, 0.5) is 0 Å². The van der Waals surface area contributed by atoms with Crippen LogP contribution in [0.15, 0.2) is 0 Å². The van der Waals surface area contributed by atoms with Crippen molar-refractivity contribution in [3.8, 4) is 0 Å². The van der Waals surface area contributed by atoms with Gasteiger partial charge >= 0.3 is 15.6 Å². The lowest BCUT2D eigenvalue weighted by atomic mass is 10.4. The normalized spacial score (nSPS) is 11.9. The zero-order valence-corrected chi connectivity index (χ0v) is 17.1. The van der Waals surface area contributed by atoms with Gasteiger partial charge in [0.05, 0.1) is 26.4 Å². The van der Waals surface area contributed by atoms with Gasteiger partial charge in [0.15, 0.2) is 0 Å². The SMILES string of the molecule is CCCCOP(=O)(OCCCC)OCCCC.CCOP(=O)(O)O. The van der Waals surface area contributed by atoms with Gasteiger partial charge in [0.25, 0.3) is 0 Å². The first-order chi connectivity index (χ1) is 11.2. The van der Waals surface area contributed by atoms with Crippen molar-refractivity contribution in [3.63, 3.8) is 0 Å². The smallest absolute Gasteiger partial charge is 0.303 e. The van der Waals surface area contributed by atoms with Gasteiger partial charge in [-0.3, -0.25) is 18.1 Å². The Bertz CT molecular complexity index is 325. The lowest BCUT2D eigenvalue weighted by molar-refractivity contribution is 0.110. The number of unbranched alkanes of at least 4 members (excludes halogenated alkanes) is 3. The average Bonchev–Trinajstić information content (AvgIpc) is 2.48. The highest BCUT2D eigenvalue weighted by Gasteiger charge is 2.25. The largest absolute Gasteiger partial charge is 0.474 e. The molecule has 0 aliphatic rings. The van der Waals surface area contributed by atoms with Crippen molar-refractivity contribution in [1.82, 2.24) is 0 Å². The van der Waals surface area contributed by atoms with E-state index < -0.39 is 15.6 Å². The first-order valence-corrected chi connectivity index (χ1v) is 11.5. The molecule has 0 saturated carbocycles. The van der Waals surface area contributed by atoms with Crippen molar-refractivity contribution >= 4 is 15.6 Å². The summed E-state index contributed by atoms with van der Waals surface area (Å²) < 4.78 is 41.6. The van der Waals surface area contributed by atoms with Crippen LogP contribution >= 0.6 is 15.6 Å². The van der Waals surface area contributed by atoms with Gasteiger partial charge in [-0.1, -0.05) is 40.0 Å². The summed E-state index contributed by atoms with van der Waals surface area (Å²) in [4.78, 5) is 15.8. The summed E-state index contributed by atoms with van der Waals surface area (Å²) in [5.74, 6) is 0. The maximum atomic E-state index is 12.2. The molecule has 0 bridgehead atoms. The molecular weight excluding hydrogens is 358 g/mol. The summed E-state index contributed by atoms with van der Waals surface area (Å²) >= 11 is 0. The molecule has 0 aromatic carbocycles. The second-order valence-electron chi connectivity index (χ2n) is 4.92. The van der Waals surface area contributed by atoms with Crippen LogP contribution in [0.25, 0.3) is 0 Å². The predicted octanol–water partition coefficient (Wildman–Crippen LogP) is 4.66. The summed E-state index contributed by atoms with van der Waals surface area (Å²) in [6, 6.07) is 0. The summed E-state index contributed by atoms with van der Waals surface area (Å²) in [6.07, 6.45) is 5.63. The molecule has 2 N–H and O–H groups in total. The number of hydrogen-bond donors (Lipinski definition) is 2. The van der Waals surface area contributed by atoms with Crippen LogP contribution in [0.1, 0.15) is 66.2 Å². The molecule has 0 amide bonds. The molecule has 0 rings (SSSR count). The van der Waals surface area contributed by atoms with Crippen molar-refractivity contribution in [2.45, 2.75) is 66.2 Å². The van der Waals surface area contributed by atoms with Crippen molar-refractivity contribution in [2.24, 2.45) is 0 Å². The Morgan fingerprint density at radius 1 is 0.667 bits per heavy atom. The van der Waals surface area contributed by atoms with E-state index in [2.05, 4.69) is 25.3 Å². The molecule has 0 aromatic rings. The van der Waals surface area contributed by atoms with Gasteiger partial charge in [0.1, 0.15) is 0 Å². The number of phosphoric ester groups is 2. The number of hydrogen-bond acceptors (Lipinski definition) is 6. The zero-order valence-electron chi connectivity index (χ0n) is 15.3. The highest BCUT2D eigenvalue weighted by molar-refractivity contribution is 7.48. The lowest BCUT2D eigenvalue weighted by Gasteiger charge is -2.17. The highest BCUT2D eigenvalue weighted by Crippen LogP contribution is 2.49. The molecule has 0 atom stereocenters. The summed E-state index contributed by atoms with van der Waals surface area (Å²) in [6.45, 7) is 9.05. The fraction of sp³-hybridized carbons (Fsp3) is 1.00. The molecule has 8 nitrogen and oxygen atoms in total. The van der Waals surface area contributed by atoms with Gasteiger partial charge in [-0.15, -0.1) is 0 Å². The Balaban J connectivity index is 0. The quantitative estimate of drug-likeness (QED) is 0.324. The number of phosphoric acid groups is 2. The molecular formula is C14H34O8P2. The van der Waals surface area contributed by atoms with Crippen LogP contribution in [-0.4, -0.2) is 36.2 Å². The van der Waals surface area contributed by atoms with Gasteiger partial charge < -0.3 is 9.79 Å². The van der Waals surface area contributed by atoms with E-state index in [9.17, 15) is 9.13 Å². The maximum Gasteiger partial charge on any atom is 0.474 e. The van der Waals surface area contributed by atoms with E-state index in [0.29, 0.717) is 19.8 Å². The van der Waals surface area contributed by atoms with E-state index in [1.54, 1.807) is 0 Å². The van der Waals surface area contributed by atoms with E-state index in [0.717, 1.165) is 38.5 Å². The van der Waals surface area contributed by atoms with E-state index in [1.807, 2.05) is 0 Å². The monoisotopic (exact) mass is 392 g/mol. The predicted molar refractivity (Wildman–Crippen MR) is 93.9 cm³/mol. The molecule has 0 fully saturated rings. The van der Waals surface area contributed by atoms with Crippen molar-refractivity contribution in [2.75, 3.05) is 26.4 Å². The standard InChI is InChI=1S/C12H27O4P.C2H7O4P/c1-4-7-10-14-17(13,15-11-8-5-2)16-12-9-6-3;1-2-6-7(3,4)5/h4-12H2,1-3H3;2H2,1H3,(H2,3,4,5). The third-order valence-corrected chi connectivity index (χ3v) is 4.63. The van der Waals surface area contributed by atoms with Crippen molar-refractivity contribution in [1.29, 1.82) is 0 Å². The minimum atomic E-state index is -4.17. The first-order valence-electron chi connectivity index (χ1n) is 8.48. The third-order valence-electron chi connectivity index (χ3n) is 2.54. The Morgan fingerprint density at radius 2 is 1.00 bits per heavy atom. The minimum Gasteiger partial charge on any atom is -0.303 e.